The molecule has 0 unspecified atom stereocenters. The van der Waals surface area contributed by atoms with Gasteiger partial charge in [0.15, 0.2) is 6.10 Å². The first-order valence-electron chi connectivity index (χ1n) is 9.96. The molecule has 1 saturated carbocycles. The van der Waals surface area contributed by atoms with Crippen molar-refractivity contribution >= 4 is 23.3 Å². The predicted molar refractivity (Wildman–Crippen MR) is 108 cm³/mol. The number of amides is 2. The van der Waals surface area contributed by atoms with Crippen molar-refractivity contribution in [1.29, 1.82) is 0 Å². The summed E-state index contributed by atoms with van der Waals surface area (Å²) in [4.78, 5) is 39.8. The third-order valence-electron chi connectivity index (χ3n) is 6.29. The number of anilines is 1. The van der Waals surface area contributed by atoms with E-state index < -0.39 is 6.10 Å². The normalized spacial score (nSPS) is 28.0. The van der Waals surface area contributed by atoms with E-state index in [4.69, 9.17) is 4.74 Å². The standard InChI is InChI=1S/C24H21NO4/c1-14(22(26)15-6-3-2-4-7-15)29-19-9-5-8-18(13-19)25-23(27)20-16-10-11-17(12-16)21(20)24(25)28/h2-11,13-14,16-17,20-21H,12H2,1H3/t14-,16-,17+,20+,21-/m0/s1. The molecule has 0 N–H and O–H groups in total. The molecule has 2 fully saturated rings. The summed E-state index contributed by atoms with van der Waals surface area (Å²) in [5.41, 5.74) is 1.09. The first kappa shape index (κ1) is 17.9. The Morgan fingerprint density at radius 3 is 2.28 bits per heavy atom. The number of carbonyl (C=O) groups is 3. The van der Waals surface area contributed by atoms with Gasteiger partial charge in [-0.2, -0.15) is 0 Å². The fraction of sp³-hybridized carbons (Fsp3) is 0.292. The summed E-state index contributed by atoms with van der Waals surface area (Å²) in [6.45, 7) is 1.70. The maximum atomic E-state index is 13.0. The Bertz CT molecular complexity index is 998. The van der Waals surface area contributed by atoms with E-state index in [1.54, 1.807) is 43.3 Å². The Hall–Kier alpha value is -3.21. The van der Waals surface area contributed by atoms with Crippen LogP contribution in [0.1, 0.15) is 23.7 Å². The monoisotopic (exact) mass is 387 g/mol. The van der Waals surface area contributed by atoms with Gasteiger partial charge in [0.05, 0.1) is 17.5 Å². The highest BCUT2D eigenvalue weighted by Gasteiger charge is 2.59. The molecule has 1 aliphatic heterocycles. The highest BCUT2D eigenvalue weighted by atomic mass is 16.5. The van der Waals surface area contributed by atoms with E-state index in [0.29, 0.717) is 17.0 Å². The molecule has 5 nitrogen and oxygen atoms in total. The van der Waals surface area contributed by atoms with Crippen LogP contribution in [0.4, 0.5) is 5.69 Å². The third-order valence-corrected chi connectivity index (χ3v) is 6.29. The quantitative estimate of drug-likeness (QED) is 0.446. The molecule has 2 amide bonds. The van der Waals surface area contributed by atoms with Crippen LogP contribution in [0.15, 0.2) is 66.7 Å². The van der Waals surface area contributed by atoms with Crippen LogP contribution in [0.5, 0.6) is 5.75 Å². The molecule has 1 heterocycles. The van der Waals surface area contributed by atoms with Crippen molar-refractivity contribution in [1.82, 2.24) is 0 Å². The molecule has 5 heteroatoms. The number of carbonyl (C=O) groups excluding carboxylic acids is 3. The predicted octanol–water partition coefficient (Wildman–Crippen LogP) is 3.65. The molecule has 0 radical (unpaired) electrons. The van der Waals surface area contributed by atoms with Crippen molar-refractivity contribution in [2.75, 3.05) is 4.90 Å². The average Bonchev–Trinajstić information content (AvgIpc) is 3.42. The molecule has 2 bridgehead atoms. The highest BCUT2D eigenvalue weighted by molar-refractivity contribution is 6.22. The molecule has 5 rings (SSSR count). The molecule has 2 aliphatic carbocycles. The SMILES string of the molecule is C[C@H](Oc1cccc(N2C(=O)[C@@H]3[C@H](C2=O)[C@H]2C=C[C@@H]3C2)c1)C(=O)c1ccccc1. The number of hydrogen-bond acceptors (Lipinski definition) is 4. The van der Waals surface area contributed by atoms with Crippen molar-refractivity contribution in [2.45, 2.75) is 19.4 Å². The topological polar surface area (TPSA) is 63.7 Å². The summed E-state index contributed by atoms with van der Waals surface area (Å²) in [6.07, 6.45) is 4.38. The molecule has 29 heavy (non-hydrogen) atoms. The van der Waals surface area contributed by atoms with E-state index in [1.165, 1.54) is 4.90 Å². The number of hydrogen-bond donors (Lipinski definition) is 0. The minimum atomic E-state index is -0.683. The molecule has 2 aromatic rings. The zero-order valence-electron chi connectivity index (χ0n) is 16.0. The third kappa shape index (κ3) is 2.80. The lowest BCUT2D eigenvalue weighted by Gasteiger charge is -2.19. The van der Waals surface area contributed by atoms with Crippen molar-refractivity contribution in [3.8, 4) is 5.75 Å². The smallest absolute Gasteiger partial charge is 0.238 e. The number of benzene rings is 2. The van der Waals surface area contributed by atoms with Crippen LogP contribution in [0.3, 0.4) is 0 Å². The lowest BCUT2D eigenvalue weighted by atomic mass is 9.85. The van der Waals surface area contributed by atoms with Gasteiger partial charge < -0.3 is 4.74 Å². The Labute approximate surface area is 169 Å². The lowest BCUT2D eigenvalue weighted by molar-refractivity contribution is -0.123. The maximum absolute atomic E-state index is 13.0. The van der Waals surface area contributed by atoms with Crippen molar-refractivity contribution < 1.29 is 19.1 Å². The minimum absolute atomic E-state index is 0.123. The summed E-state index contributed by atoms with van der Waals surface area (Å²) in [6, 6.07) is 15.9. The second-order valence-corrected chi connectivity index (χ2v) is 8.00. The zero-order valence-corrected chi connectivity index (χ0v) is 16.0. The van der Waals surface area contributed by atoms with E-state index in [0.717, 1.165) is 6.42 Å². The Morgan fingerprint density at radius 2 is 1.62 bits per heavy atom. The number of ether oxygens (including phenoxy) is 1. The summed E-state index contributed by atoms with van der Waals surface area (Å²) in [7, 11) is 0. The zero-order chi connectivity index (χ0) is 20.1. The van der Waals surface area contributed by atoms with Gasteiger partial charge in [-0.25, -0.2) is 4.90 Å². The molecular weight excluding hydrogens is 366 g/mol. The number of imide groups is 1. The van der Waals surface area contributed by atoms with Gasteiger partial charge in [-0.1, -0.05) is 48.6 Å². The van der Waals surface area contributed by atoms with Gasteiger partial charge >= 0.3 is 0 Å². The fourth-order valence-electron chi connectivity index (χ4n) is 4.95. The Kier molecular flexibility index (Phi) is 4.12. The second-order valence-electron chi connectivity index (χ2n) is 8.00. The van der Waals surface area contributed by atoms with Gasteiger partial charge in [0, 0.05) is 11.6 Å². The number of fused-ring (bicyclic) bond motifs is 5. The Morgan fingerprint density at radius 1 is 0.966 bits per heavy atom. The van der Waals surface area contributed by atoms with Crippen LogP contribution < -0.4 is 9.64 Å². The molecule has 0 aromatic heterocycles. The lowest BCUT2D eigenvalue weighted by Crippen LogP contribution is -2.33. The van der Waals surface area contributed by atoms with E-state index in [9.17, 15) is 14.4 Å². The number of Topliss-reactive ketones (excluding diaryl/α,β-unsaturated/α-hetero) is 1. The van der Waals surface area contributed by atoms with Gasteiger partial charge in [-0.05, 0) is 37.3 Å². The Balaban J connectivity index is 1.36. The molecule has 5 atom stereocenters. The first-order valence-corrected chi connectivity index (χ1v) is 9.96. The van der Waals surface area contributed by atoms with Crippen LogP contribution in [0.25, 0.3) is 0 Å². The summed E-state index contributed by atoms with van der Waals surface area (Å²) >= 11 is 0. The highest BCUT2D eigenvalue weighted by Crippen LogP contribution is 2.53. The van der Waals surface area contributed by atoms with Crippen LogP contribution in [0.2, 0.25) is 0 Å². The molecular formula is C24H21NO4. The van der Waals surface area contributed by atoms with Crippen molar-refractivity contribution in [2.24, 2.45) is 23.7 Å². The van der Waals surface area contributed by atoms with E-state index >= 15 is 0 Å². The summed E-state index contributed by atoms with van der Waals surface area (Å²) in [5.74, 6) is -0.0329. The summed E-state index contributed by atoms with van der Waals surface area (Å²) in [5, 5.41) is 0. The van der Waals surface area contributed by atoms with Gasteiger partial charge in [-0.15, -0.1) is 0 Å². The van der Waals surface area contributed by atoms with Gasteiger partial charge in [-0.3, -0.25) is 14.4 Å². The van der Waals surface area contributed by atoms with Gasteiger partial charge in [0.1, 0.15) is 5.75 Å². The maximum Gasteiger partial charge on any atom is 0.238 e. The van der Waals surface area contributed by atoms with Crippen LogP contribution in [0, 0.1) is 23.7 Å². The van der Waals surface area contributed by atoms with Crippen LogP contribution in [-0.4, -0.2) is 23.7 Å². The van der Waals surface area contributed by atoms with Crippen LogP contribution in [-0.2, 0) is 9.59 Å². The van der Waals surface area contributed by atoms with Crippen molar-refractivity contribution in [3.05, 3.63) is 72.3 Å². The average molecular weight is 387 g/mol. The summed E-state index contributed by atoms with van der Waals surface area (Å²) < 4.78 is 5.84. The molecule has 146 valence electrons. The van der Waals surface area contributed by atoms with E-state index in [1.807, 2.05) is 18.2 Å². The molecule has 3 aliphatic rings. The number of nitrogens with zero attached hydrogens (tertiary/aromatic N) is 1. The van der Waals surface area contributed by atoms with E-state index in [2.05, 4.69) is 12.2 Å². The molecule has 1 saturated heterocycles. The number of allylic oxidation sites excluding steroid dienone is 2. The van der Waals surface area contributed by atoms with Crippen LogP contribution >= 0.6 is 0 Å². The minimum Gasteiger partial charge on any atom is -0.482 e. The first-order chi connectivity index (χ1) is 14.0. The molecule has 2 aromatic carbocycles. The van der Waals surface area contributed by atoms with Crippen molar-refractivity contribution in [3.63, 3.8) is 0 Å². The number of rotatable bonds is 5. The van der Waals surface area contributed by atoms with Gasteiger partial charge in [0.2, 0.25) is 17.6 Å². The van der Waals surface area contributed by atoms with Gasteiger partial charge in [0.25, 0.3) is 0 Å². The largest absolute Gasteiger partial charge is 0.482 e. The van der Waals surface area contributed by atoms with E-state index in [-0.39, 0.29) is 41.3 Å². The second kappa shape index (κ2) is 6.69. The molecule has 0 spiro atoms. The fourth-order valence-corrected chi connectivity index (χ4v) is 4.95. The number of ketones is 1.